The fourth-order valence-corrected chi connectivity index (χ4v) is 4.00. The van der Waals surface area contributed by atoms with Crippen LogP contribution in [-0.4, -0.2) is 56.9 Å². The Morgan fingerprint density at radius 3 is 2.22 bits per heavy atom. The first-order valence-electron chi connectivity index (χ1n) is 11.3. The van der Waals surface area contributed by atoms with Gasteiger partial charge in [0, 0.05) is 51.2 Å². The summed E-state index contributed by atoms with van der Waals surface area (Å²) in [7, 11) is 4.83. The molecule has 200 valence electrons. The summed E-state index contributed by atoms with van der Waals surface area (Å²) in [6.45, 7) is 13.8. The number of methoxy groups -OCH3 is 2. The minimum atomic E-state index is -2.77. The van der Waals surface area contributed by atoms with Gasteiger partial charge in [0.2, 0.25) is 0 Å². The van der Waals surface area contributed by atoms with Crippen LogP contribution in [0, 0.1) is 12.8 Å². The van der Waals surface area contributed by atoms with E-state index in [2.05, 4.69) is 17.9 Å². The molecular weight excluding hydrogens is 484 g/mol. The predicted octanol–water partition coefficient (Wildman–Crippen LogP) is 7.01. The van der Waals surface area contributed by atoms with Gasteiger partial charge < -0.3 is 14.6 Å². The van der Waals surface area contributed by atoms with Crippen LogP contribution in [0.5, 0.6) is 0 Å². The van der Waals surface area contributed by atoms with E-state index in [9.17, 15) is 13.6 Å². The van der Waals surface area contributed by atoms with Crippen molar-refractivity contribution in [3.05, 3.63) is 83.3 Å². The summed E-state index contributed by atoms with van der Waals surface area (Å²) in [5, 5.41) is 8.64. The lowest BCUT2D eigenvalue weighted by Gasteiger charge is -2.36. The Kier molecular flexibility index (Phi) is 16.2. The fourth-order valence-electron chi connectivity index (χ4n) is 3.03. The van der Waals surface area contributed by atoms with Crippen molar-refractivity contribution in [1.82, 2.24) is 4.90 Å². The monoisotopic (exact) mass is 523 g/mol. The van der Waals surface area contributed by atoms with E-state index in [0.717, 1.165) is 22.9 Å². The predicted molar refractivity (Wildman–Crippen MR) is 146 cm³/mol. The Bertz CT molecular complexity index is 946. The topological polar surface area (TPSA) is 59.0 Å². The molecule has 0 atom stereocenters. The fraction of sp³-hybridized carbons (Fsp3) is 0.393. The van der Waals surface area contributed by atoms with E-state index in [0.29, 0.717) is 25.2 Å². The number of carboxylic acids is 1. The average Bonchev–Trinajstić information content (AvgIpc) is 3.19. The second kappa shape index (κ2) is 17.6. The first-order valence-corrected chi connectivity index (χ1v) is 12.1. The molecule has 0 radical (unpaired) electrons. The molecule has 1 aromatic carbocycles. The number of thiophene rings is 1. The molecule has 36 heavy (non-hydrogen) atoms. The number of benzene rings is 1. The van der Waals surface area contributed by atoms with Crippen molar-refractivity contribution in [2.75, 3.05) is 41.0 Å². The van der Waals surface area contributed by atoms with Crippen LogP contribution in [0.3, 0.4) is 0 Å². The molecule has 3 rings (SSSR count). The Morgan fingerprint density at radius 1 is 1.25 bits per heavy atom. The van der Waals surface area contributed by atoms with Crippen LogP contribution in [0.1, 0.15) is 23.6 Å². The Balaban J connectivity index is 0.000000563. The van der Waals surface area contributed by atoms with E-state index in [1.54, 1.807) is 39.7 Å². The molecule has 0 aliphatic carbocycles. The molecule has 0 unspecified atom stereocenters. The molecule has 0 amide bonds. The van der Waals surface area contributed by atoms with Crippen molar-refractivity contribution >= 4 is 17.3 Å². The van der Waals surface area contributed by atoms with Gasteiger partial charge in [-0.3, -0.25) is 9.69 Å². The van der Waals surface area contributed by atoms with Gasteiger partial charge in [0.25, 0.3) is 5.92 Å². The highest BCUT2D eigenvalue weighted by atomic mass is 32.1. The Morgan fingerprint density at radius 2 is 1.78 bits per heavy atom. The zero-order chi connectivity index (χ0) is 27.7. The standard InChI is InChI=1S/C13H12F2S.C10H15NO3.C3H6.C2H6O/c1-9-8-11(10-6-4-3-5-7-10)12(16-9)13(2,14)15;1-8(3-4-14-2)5-11-6-9(7-11)10(12)13;2*1-3-2/h3-8H,1-2H3;3-4,9H,1,5-7H2,2H3,(H,12,13);3H,1H2,2H3;1-2H3/b;4-3+;;. The summed E-state index contributed by atoms with van der Waals surface area (Å²) in [5.41, 5.74) is 2.43. The van der Waals surface area contributed by atoms with Crippen molar-refractivity contribution in [1.29, 1.82) is 0 Å². The number of aliphatic carboxylic acids is 1. The lowest BCUT2D eigenvalue weighted by atomic mass is 10.00. The van der Waals surface area contributed by atoms with E-state index in [-0.39, 0.29) is 10.8 Å². The number of allylic oxidation sites excluding steroid dienone is 1. The molecule has 5 nitrogen and oxygen atoms in total. The van der Waals surface area contributed by atoms with Gasteiger partial charge in [0.05, 0.1) is 24.2 Å². The van der Waals surface area contributed by atoms with Crippen LogP contribution < -0.4 is 0 Å². The third-order valence-electron chi connectivity index (χ3n) is 4.51. The summed E-state index contributed by atoms with van der Waals surface area (Å²) in [6, 6.07) is 11.1. The molecule has 8 heteroatoms. The minimum absolute atomic E-state index is 0.149. The lowest BCUT2D eigenvalue weighted by Crippen LogP contribution is -2.50. The van der Waals surface area contributed by atoms with Crippen LogP contribution >= 0.6 is 11.3 Å². The normalized spacial score (nSPS) is 13.1. The van der Waals surface area contributed by atoms with Gasteiger partial charge in [0.15, 0.2) is 0 Å². The van der Waals surface area contributed by atoms with E-state index in [1.165, 1.54) is 11.3 Å². The Hall–Kier alpha value is -2.81. The number of ether oxygens (including phenoxy) is 2. The highest BCUT2D eigenvalue weighted by molar-refractivity contribution is 7.12. The summed E-state index contributed by atoms with van der Waals surface area (Å²) < 4.78 is 35.8. The van der Waals surface area contributed by atoms with Crippen LogP contribution in [0.4, 0.5) is 8.78 Å². The molecule has 1 fully saturated rings. The summed E-state index contributed by atoms with van der Waals surface area (Å²) >= 11 is 1.17. The number of carbonyl (C=O) groups is 1. The lowest BCUT2D eigenvalue weighted by molar-refractivity contribution is -0.147. The minimum Gasteiger partial charge on any atom is -0.504 e. The molecule has 1 N–H and O–H groups in total. The number of likely N-dealkylation sites (tertiary alicyclic amines) is 1. The number of hydrogen-bond acceptors (Lipinski definition) is 5. The van der Waals surface area contributed by atoms with Gasteiger partial charge in [-0.1, -0.05) is 43.0 Å². The Labute approximate surface area is 218 Å². The number of halogens is 2. The van der Waals surface area contributed by atoms with Gasteiger partial charge in [-0.25, -0.2) is 8.78 Å². The maximum atomic E-state index is 13.4. The van der Waals surface area contributed by atoms with E-state index >= 15 is 0 Å². The molecular formula is C28H39F2NO4S. The van der Waals surface area contributed by atoms with E-state index in [1.807, 2.05) is 55.1 Å². The van der Waals surface area contributed by atoms with Crippen LogP contribution in [0.2, 0.25) is 0 Å². The van der Waals surface area contributed by atoms with Gasteiger partial charge >= 0.3 is 5.97 Å². The first-order chi connectivity index (χ1) is 16.9. The second-order valence-corrected chi connectivity index (χ2v) is 9.35. The average molecular weight is 524 g/mol. The van der Waals surface area contributed by atoms with Gasteiger partial charge in [-0.05, 0) is 37.1 Å². The van der Waals surface area contributed by atoms with E-state index in [4.69, 9.17) is 9.84 Å². The summed E-state index contributed by atoms with van der Waals surface area (Å²) in [6.07, 6.45) is 5.10. The van der Waals surface area contributed by atoms with Gasteiger partial charge in [-0.2, -0.15) is 0 Å². The number of rotatable bonds is 7. The highest BCUT2D eigenvalue weighted by Crippen LogP contribution is 2.41. The summed E-state index contributed by atoms with van der Waals surface area (Å²) in [5.74, 6) is -3.68. The number of alkyl halides is 2. The van der Waals surface area contributed by atoms with E-state index < -0.39 is 11.9 Å². The number of nitrogens with zero attached hydrogens (tertiary/aromatic N) is 1. The maximum absolute atomic E-state index is 13.4. The molecule has 1 aromatic heterocycles. The third kappa shape index (κ3) is 12.8. The molecule has 2 heterocycles. The molecule has 1 saturated heterocycles. The third-order valence-corrected chi connectivity index (χ3v) is 5.73. The van der Waals surface area contributed by atoms with Crippen molar-refractivity contribution in [2.45, 2.75) is 26.7 Å². The first kappa shape index (κ1) is 33.2. The second-order valence-electron chi connectivity index (χ2n) is 8.10. The SMILES string of the molecule is C=C(/C=C/OC)CN1CC(C(=O)O)C1.C=CC.COC.Cc1cc(-c2ccccc2)c(C(C)(F)F)s1. The number of hydrogen-bond donors (Lipinski definition) is 1. The maximum Gasteiger partial charge on any atom is 0.309 e. The largest absolute Gasteiger partial charge is 0.504 e. The quantitative estimate of drug-likeness (QED) is 0.240. The molecule has 2 aromatic rings. The van der Waals surface area contributed by atoms with Crippen molar-refractivity contribution in [3.63, 3.8) is 0 Å². The summed E-state index contributed by atoms with van der Waals surface area (Å²) in [4.78, 5) is 13.6. The van der Waals surface area contributed by atoms with Gasteiger partial charge in [-0.15, -0.1) is 17.9 Å². The van der Waals surface area contributed by atoms with Crippen molar-refractivity contribution in [2.24, 2.45) is 5.92 Å². The molecule has 1 aliphatic rings. The van der Waals surface area contributed by atoms with Crippen LogP contribution in [-0.2, 0) is 20.2 Å². The molecule has 1 aliphatic heterocycles. The number of carboxylic acid groups (broad SMARTS) is 1. The van der Waals surface area contributed by atoms with Crippen LogP contribution in [0.25, 0.3) is 11.1 Å². The van der Waals surface area contributed by atoms with Crippen molar-refractivity contribution in [3.8, 4) is 11.1 Å². The van der Waals surface area contributed by atoms with Gasteiger partial charge in [0.1, 0.15) is 0 Å². The van der Waals surface area contributed by atoms with Crippen molar-refractivity contribution < 1.29 is 28.2 Å². The smallest absolute Gasteiger partial charge is 0.309 e. The zero-order valence-corrected chi connectivity index (χ0v) is 22.9. The highest BCUT2D eigenvalue weighted by Gasteiger charge is 2.32. The molecule has 0 saturated carbocycles. The zero-order valence-electron chi connectivity index (χ0n) is 22.1. The molecule has 0 spiro atoms. The van der Waals surface area contributed by atoms with Crippen LogP contribution in [0.15, 0.2) is 73.5 Å². The number of aryl methyl sites for hydroxylation is 1. The molecule has 0 bridgehead atoms.